The topological polar surface area (TPSA) is 78.4 Å². The quantitative estimate of drug-likeness (QED) is 0.455. The third kappa shape index (κ3) is 3.88. The fourth-order valence-corrected chi connectivity index (χ4v) is 4.24. The highest BCUT2D eigenvalue weighted by atomic mass is 32.2. The van der Waals surface area contributed by atoms with E-state index in [1.54, 1.807) is 42.2 Å². The minimum atomic E-state index is -0.0227. The number of amides is 1. The highest BCUT2D eigenvalue weighted by molar-refractivity contribution is 7.98. The number of ketones is 1. The summed E-state index contributed by atoms with van der Waals surface area (Å²) >= 11 is 1.54. The van der Waals surface area contributed by atoms with Crippen molar-refractivity contribution in [3.63, 3.8) is 0 Å². The number of piperidine rings is 1. The summed E-state index contributed by atoms with van der Waals surface area (Å²) in [5, 5.41) is 3.71. The van der Waals surface area contributed by atoms with Crippen LogP contribution in [-0.4, -0.2) is 64.5 Å². The van der Waals surface area contributed by atoms with Crippen molar-refractivity contribution in [2.45, 2.75) is 30.6 Å². The van der Waals surface area contributed by atoms with Crippen LogP contribution in [0.1, 0.15) is 23.7 Å². The van der Waals surface area contributed by atoms with E-state index in [9.17, 15) is 9.59 Å². The first-order valence-corrected chi connectivity index (χ1v) is 10.5. The summed E-state index contributed by atoms with van der Waals surface area (Å²) in [6.45, 7) is 3.67. The van der Waals surface area contributed by atoms with Gasteiger partial charge in [0.25, 0.3) is 0 Å². The molecule has 0 radical (unpaired) electrons. The van der Waals surface area contributed by atoms with Gasteiger partial charge in [-0.3, -0.25) is 14.5 Å². The number of nitrogens with zero attached hydrogens (tertiary/aromatic N) is 4. The van der Waals surface area contributed by atoms with Crippen molar-refractivity contribution in [1.82, 2.24) is 14.9 Å². The number of aromatic nitrogens is 2. The maximum Gasteiger partial charge on any atom is 0.238 e. The number of hydrogen-bond acceptors (Lipinski definition) is 7. The number of fused-ring (bicyclic) bond motifs is 2. The van der Waals surface area contributed by atoms with E-state index >= 15 is 0 Å². The second-order valence-corrected chi connectivity index (χ2v) is 7.98. The van der Waals surface area contributed by atoms with Crippen LogP contribution in [0.5, 0.6) is 0 Å². The molecule has 1 aromatic carbocycles. The van der Waals surface area contributed by atoms with Gasteiger partial charge in [0.15, 0.2) is 10.9 Å². The molecule has 3 aliphatic rings. The normalized spacial score (nSPS) is 21.1. The van der Waals surface area contributed by atoms with Gasteiger partial charge in [0.2, 0.25) is 5.91 Å². The average Bonchev–Trinajstić information content (AvgIpc) is 2.72. The molecular weight excluding hydrogens is 374 g/mol. The van der Waals surface area contributed by atoms with Crippen LogP contribution in [0.15, 0.2) is 41.7 Å². The molecule has 7 nitrogen and oxygen atoms in total. The number of carbonyl (C=O) groups is 2. The number of anilines is 2. The minimum absolute atomic E-state index is 0.0178. The standard InChI is InChI=1S/C20H23N5O2S/c1-13(26)14-3-5-15(6-4-14)22-19(27)12-25-16-9-17(25)11-24(10-16)18-7-8-21-20(23-18)28-2/h3-8,16-17H,9-12H2,1-2H3,(H,22,27). The van der Waals surface area contributed by atoms with Gasteiger partial charge in [-0.05, 0) is 49.9 Å². The molecule has 0 saturated carbocycles. The van der Waals surface area contributed by atoms with Crippen LogP contribution in [0, 0.1) is 0 Å². The maximum atomic E-state index is 12.4. The van der Waals surface area contributed by atoms with E-state index in [2.05, 4.69) is 25.1 Å². The molecule has 3 fully saturated rings. The zero-order valence-corrected chi connectivity index (χ0v) is 16.8. The molecule has 0 spiro atoms. The molecule has 28 heavy (non-hydrogen) atoms. The second kappa shape index (κ2) is 7.89. The Hall–Kier alpha value is -2.45. The molecule has 1 N–H and O–H groups in total. The molecule has 4 heterocycles. The van der Waals surface area contributed by atoms with Crippen LogP contribution >= 0.6 is 11.8 Å². The number of Topliss-reactive ketones (excluding diaryl/α,β-unsaturated/α-hetero) is 1. The van der Waals surface area contributed by atoms with Gasteiger partial charge in [-0.1, -0.05) is 11.8 Å². The molecule has 3 saturated heterocycles. The molecule has 5 rings (SSSR count). The lowest BCUT2D eigenvalue weighted by Gasteiger charge is -2.56. The van der Waals surface area contributed by atoms with Crippen LogP contribution in [0.25, 0.3) is 0 Å². The zero-order chi connectivity index (χ0) is 19.7. The van der Waals surface area contributed by atoms with Crippen molar-refractivity contribution in [2.75, 3.05) is 36.1 Å². The predicted molar refractivity (Wildman–Crippen MR) is 110 cm³/mol. The summed E-state index contributed by atoms with van der Waals surface area (Å²) < 4.78 is 0. The first kappa shape index (κ1) is 18.9. The molecule has 8 heteroatoms. The van der Waals surface area contributed by atoms with Gasteiger partial charge >= 0.3 is 0 Å². The van der Waals surface area contributed by atoms with Crippen molar-refractivity contribution in [3.05, 3.63) is 42.1 Å². The Morgan fingerprint density at radius 2 is 1.89 bits per heavy atom. The van der Waals surface area contributed by atoms with E-state index in [-0.39, 0.29) is 11.7 Å². The van der Waals surface area contributed by atoms with Gasteiger partial charge in [0.1, 0.15) is 5.82 Å². The largest absolute Gasteiger partial charge is 0.353 e. The average molecular weight is 398 g/mol. The van der Waals surface area contributed by atoms with Crippen LogP contribution in [0.2, 0.25) is 0 Å². The van der Waals surface area contributed by atoms with E-state index in [4.69, 9.17) is 0 Å². The number of thioether (sulfide) groups is 1. The lowest BCUT2D eigenvalue weighted by molar-refractivity contribution is -0.121. The Bertz CT molecular complexity index is 876. The first-order valence-electron chi connectivity index (χ1n) is 9.32. The number of piperazine rings is 1. The summed E-state index contributed by atoms with van der Waals surface area (Å²) in [5.74, 6) is 0.957. The summed E-state index contributed by atoms with van der Waals surface area (Å²) in [4.78, 5) is 37.2. The molecule has 2 aromatic rings. The summed E-state index contributed by atoms with van der Waals surface area (Å²) in [6, 6.07) is 9.70. The van der Waals surface area contributed by atoms with Gasteiger partial charge in [-0.25, -0.2) is 9.97 Å². The number of carbonyl (C=O) groups excluding carboxylic acids is 2. The summed E-state index contributed by atoms with van der Waals surface area (Å²) in [7, 11) is 0. The van der Waals surface area contributed by atoms with E-state index in [1.807, 2.05) is 12.3 Å². The molecular formula is C20H23N5O2S. The van der Waals surface area contributed by atoms with Crippen LogP contribution in [0.3, 0.4) is 0 Å². The van der Waals surface area contributed by atoms with E-state index in [0.29, 0.717) is 29.9 Å². The number of benzene rings is 1. The number of rotatable bonds is 6. The van der Waals surface area contributed by atoms with Crippen molar-refractivity contribution in [2.24, 2.45) is 0 Å². The van der Waals surface area contributed by atoms with Crippen molar-refractivity contribution in [3.8, 4) is 0 Å². The molecule has 0 aliphatic carbocycles. The van der Waals surface area contributed by atoms with Gasteiger partial charge in [0, 0.05) is 42.6 Å². The highest BCUT2D eigenvalue weighted by Gasteiger charge is 2.45. The Balaban J connectivity index is 1.32. The fourth-order valence-electron chi connectivity index (χ4n) is 3.89. The molecule has 2 atom stereocenters. The molecule has 146 valence electrons. The van der Waals surface area contributed by atoms with E-state index in [1.165, 1.54) is 6.92 Å². The molecule has 1 amide bonds. The number of hydrogen-bond donors (Lipinski definition) is 1. The maximum absolute atomic E-state index is 12.4. The Morgan fingerprint density at radius 3 is 2.54 bits per heavy atom. The minimum Gasteiger partial charge on any atom is -0.353 e. The molecule has 3 aliphatic heterocycles. The van der Waals surface area contributed by atoms with Gasteiger partial charge in [-0.15, -0.1) is 0 Å². The molecule has 1 aromatic heterocycles. The first-order chi connectivity index (χ1) is 13.5. The third-order valence-corrected chi connectivity index (χ3v) is 5.93. The zero-order valence-electron chi connectivity index (χ0n) is 16.0. The molecule has 2 unspecified atom stereocenters. The lowest BCUT2D eigenvalue weighted by atomic mass is 9.87. The summed E-state index contributed by atoms with van der Waals surface area (Å²) in [5.41, 5.74) is 1.36. The smallest absolute Gasteiger partial charge is 0.238 e. The monoisotopic (exact) mass is 397 g/mol. The Kier molecular flexibility index (Phi) is 5.32. The Morgan fingerprint density at radius 1 is 1.18 bits per heavy atom. The second-order valence-electron chi connectivity index (χ2n) is 7.20. The van der Waals surface area contributed by atoms with Crippen LogP contribution < -0.4 is 10.2 Å². The fraction of sp³-hybridized carbons (Fsp3) is 0.400. The van der Waals surface area contributed by atoms with Gasteiger partial charge < -0.3 is 10.2 Å². The van der Waals surface area contributed by atoms with Crippen molar-refractivity contribution in [1.29, 1.82) is 0 Å². The highest BCUT2D eigenvalue weighted by Crippen LogP contribution is 2.34. The third-order valence-electron chi connectivity index (χ3n) is 5.37. The van der Waals surface area contributed by atoms with Gasteiger partial charge in [0.05, 0.1) is 6.54 Å². The van der Waals surface area contributed by atoms with E-state index in [0.717, 1.165) is 30.5 Å². The number of nitrogens with one attached hydrogen (secondary N) is 1. The predicted octanol–water partition coefficient (Wildman–Crippen LogP) is 2.30. The van der Waals surface area contributed by atoms with Crippen molar-refractivity contribution >= 4 is 35.0 Å². The lowest BCUT2D eigenvalue weighted by Crippen LogP contribution is -2.69. The Labute approximate surface area is 168 Å². The SMILES string of the molecule is CSc1nccc(N2CC3CC(C2)N3CC(=O)Nc2ccc(C(C)=O)cc2)n1. The van der Waals surface area contributed by atoms with E-state index < -0.39 is 0 Å². The van der Waals surface area contributed by atoms with Gasteiger partial charge in [-0.2, -0.15) is 0 Å². The van der Waals surface area contributed by atoms with Crippen LogP contribution in [0.4, 0.5) is 11.5 Å². The summed E-state index contributed by atoms with van der Waals surface area (Å²) in [6.07, 6.45) is 4.90. The van der Waals surface area contributed by atoms with Crippen molar-refractivity contribution < 1.29 is 9.59 Å². The van der Waals surface area contributed by atoms with Crippen LogP contribution in [-0.2, 0) is 4.79 Å². The molecule has 2 bridgehead atoms.